The van der Waals surface area contributed by atoms with Crippen molar-refractivity contribution in [1.82, 2.24) is 0 Å². The standard InChI is InChI=1S/C14H20ClNO3/c15-12-6-4-5-11(7-10-17)13(12)18-14(19-16)8-2-1-3-9-14/h4-6,17H,1-3,7-10,16H2. The summed E-state index contributed by atoms with van der Waals surface area (Å²) in [6.07, 6.45) is 5.23. The second-order valence-corrected chi connectivity index (χ2v) is 5.30. The zero-order valence-electron chi connectivity index (χ0n) is 10.9. The fourth-order valence-electron chi connectivity index (χ4n) is 2.51. The molecule has 0 heterocycles. The Hall–Kier alpha value is -0.810. The SMILES string of the molecule is NOC1(Oc2c(Cl)cccc2CCO)CCCCC1. The minimum atomic E-state index is -0.784. The number of aliphatic hydroxyl groups is 1. The van der Waals surface area contributed by atoms with Crippen LogP contribution in [0, 0.1) is 0 Å². The van der Waals surface area contributed by atoms with Gasteiger partial charge in [-0.05, 0) is 30.9 Å². The summed E-state index contributed by atoms with van der Waals surface area (Å²) in [5.41, 5.74) is 0.872. The quantitative estimate of drug-likeness (QED) is 0.645. The molecular formula is C14H20ClNO3. The number of nitrogens with two attached hydrogens (primary N) is 1. The van der Waals surface area contributed by atoms with E-state index in [-0.39, 0.29) is 6.61 Å². The minimum absolute atomic E-state index is 0.0488. The first-order valence-electron chi connectivity index (χ1n) is 6.66. The zero-order valence-corrected chi connectivity index (χ0v) is 11.7. The van der Waals surface area contributed by atoms with Gasteiger partial charge in [0.05, 0.1) is 5.02 Å². The van der Waals surface area contributed by atoms with Crippen LogP contribution in [0.4, 0.5) is 0 Å². The lowest BCUT2D eigenvalue weighted by Gasteiger charge is -2.36. The van der Waals surface area contributed by atoms with Gasteiger partial charge in [0.2, 0.25) is 5.79 Å². The molecule has 1 aromatic carbocycles. The molecule has 4 nitrogen and oxygen atoms in total. The molecule has 106 valence electrons. The maximum absolute atomic E-state index is 9.11. The van der Waals surface area contributed by atoms with Crippen LogP contribution in [0.2, 0.25) is 5.02 Å². The maximum Gasteiger partial charge on any atom is 0.228 e. The second-order valence-electron chi connectivity index (χ2n) is 4.89. The molecule has 3 N–H and O–H groups in total. The lowest BCUT2D eigenvalue weighted by molar-refractivity contribution is -0.204. The minimum Gasteiger partial charge on any atom is -0.459 e. The largest absolute Gasteiger partial charge is 0.459 e. The van der Waals surface area contributed by atoms with E-state index in [4.69, 9.17) is 32.2 Å². The Bertz CT molecular complexity index is 419. The highest BCUT2D eigenvalue weighted by Crippen LogP contribution is 2.38. The maximum atomic E-state index is 9.11. The zero-order chi connectivity index (χ0) is 13.7. The molecule has 1 aliphatic rings. The van der Waals surface area contributed by atoms with Crippen LogP contribution in [0.5, 0.6) is 5.75 Å². The third-order valence-electron chi connectivity index (χ3n) is 3.55. The monoisotopic (exact) mass is 285 g/mol. The van der Waals surface area contributed by atoms with Gasteiger partial charge in [-0.1, -0.05) is 30.2 Å². The molecular weight excluding hydrogens is 266 g/mol. The van der Waals surface area contributed by atoms with Crippen molar-refractivity contribution in [1.29, 1.82) is 0 Å². The molecule has 19 heavy (non-hydrogen) atoms. The Kier molecular flexibility index (Phi) is 5.05. The molecule has 1 aliphatic carbocycles. The molecule has 0 atom stereocenters. The van der Waals surface area contributed by atoms with Crippen LogP contribution in [0.25, 0.3) is 0 Å². The third kappa shape index (κ3) is 3.39. The molecule has 0 amide bonds. The number of para-hydroxylation sites is 1. The van der Waals surface area contributed by atoms with E-state index in [2.05, 4.69) is 0 Å². The first-order chi connectivity index (χ1) is 9.21. The molecule has 0 aliphatic heterocycles. The molecule has 0 bridgehead atoms. The van der Waals surface area contributed by atoms with E-state index in [0.717, 1.165) is 31.2 Å². The number of ether oxygens (including phenoxy) is 1. The predicted molar refractivity (Wildman–Crippen MR) is 74.0 cm³/mol. The Morgan fingerprint density at radius 2 is 2.00 bits per heavy atom. The molecule has 0 spiro atoms. The van der Waals surface area contributed by atoms with Gasteiger partial charge in [-0.25, -0.2) is 5.90 Å². The van der Waals surface area contributed by atoms with Crippen molar-refractivity contribution in [3.8, 4) is 5.75 Å². The molecule has 1 aromatic rings. The Morgan fingerprint density at radius 1 is 1.26 bits per heavy atom. The first-order valence-corrected chi connectivity index (χ1v) is 7.04. The third-order valence-corrected chi connectivity index (χ3v) is 3.85. The van der Waals surface area contributed by atoms with Gasteiger partial charge in [0.1, 0.15) is 5.75 Å². The van der Waals surface area contributed by atoms with Crippen LogP contribution in [0.3, 0.4) is 0 Å². The van der Waals surface area contributed by atoms with Crippen LogP contribution in [-0.4, -0.2) is 17.5 Å². The van der Waals surface area contributed by atoms with Crippen LogP contribution in [0.15, 0.2) is 18.2 Å². The molecule has 2 rings (SSSR count). The van der Waals surface area contributed by atoms with E-state index in [1.807, 2.05) is 12.1 Å². The highest BCUT2D eigenvalue weighted by atomic mass is 35.5. The van der Waals surface area contributed by atoms with Crippen molar-refractivity contribution in [2.75, 3.05) is 6.61 Å². The molecule has 0 radical (unpaired) electrons. The number of benzene rings is 1. The van der Waals surface area contributed by atoms with Crippen LogP contribution >= 0.6 is 11.6 Å². The average molecular weight is 286 g/mol. The predicted octanol–water partition coefficient (Wildman–Crippen LogP) is 2.80. The summed E-state index contributed by atoms with van der Waals surface area (Å²) in [6, 6.07) is 5.51. The molecule has 5 heteroatoms. The molecule has 0 aromatic heterocycles. The van der Waals surface area contributed by atoms with E-state index in [1.54, 1.807) is 6.07 Å². The van der Waals surface area contributed by atoms with Gasteiger partial charge in [0.15, 0.2) is 0 Å². The topological polar surface area (TPSA) is 64.7 Å². The van der Waals surface area contributed by atoms with Gasteiger partial charge < -0.3 is 9.84 Å². The molecule has 0 saturated heterocycles. The van der Waals surface area contributed by atoms with E-state index < -0.39 is 5.79 Å². The Morgan fingerprint density at radius 3 is 2.63 bits per heavy atom. The first kappa shape index (κ1) is 14.6. The molecule has 1 fully saturated rings. The second kappa shape index (κ2) is 6.57. The summed E-state index contributed by atoms with van der Waals surface area (Å²) in [7, 11) is 0. The summed E-state index contributed by atoms with van der Waals surface area (Å²) in [5.74, 6) is 5.23. The smallest absolute Gasteiger partial charge is 0.228 e. The van der Waals surface area contributed by atoms with Crippen LogP contribution < -0.4 is 10.6 Å². The highest BCUT2D eigenvalue weighted by Gasteiger charge is 2.36. The van der Waals surface area contributed by atoms with Crippen molar-refractivity contribution < 1.29 is 14.7 Å². The Balaban J connectivity index is 2.25. The molecule has 1 saturated carbocycles. The van der Waals surface area contributed by atoms with Gasteiger partial charge >= 0.3 is 0 Å². The van der Waals surface area contributed by atoms with Crippen molar-refractivity contribution in [3.05, 3.63) is 28.8 Å². The van der Waals surface area contributed by atoms with Gasteiger partial charge in [-0.3, -0.25) is 4.84 Å². The van der Waals surface area contributed by atoms with Crippen molar-refractivity contribution in [2.24, 2.45) is 5.90 Å². The summed E-state index contributed by atoms with van der Waals surface area (Å²) < 4.78 is 6.02. The fourth-order valence-corrected chi connectivity index (χ4v) is 2.74. The number of halogens is 1. The fraction of sp³-hybridized carbons (Fsp3) is 0.571. The molecule has 0 unspecified atom stereocenters. The summed E-state index contributed by atoms with van der Waals surface area (Å²) in [4.78, 5) is 5.13. The highest BCUT2D eigenvalue weighted by molar-refractivity contribution is 6.32. The van der Waals surface area contributed by atoms with Crippen LogP contribution in [-0.2, 0) is 11.3 Å². The Labute approximate surface area is 118 Å². The summed E-state index contributed by atoms with van der Waals surface area (Å²) in [6.45, 7) is 0.0488. The number of hydrogen-bond acceptors (Lipinski definition) is 4. The van der Waals surface area contributed by atoms with Crippen molar-refractivity contribution in [3.63, 3.8) is 0 Å². The van der Waals surface area contributed by atoms with Gasteiger partial charge in [-0.15, -0.1) is 0 Å². The van der Waals surface area contributed by atoms with Gasteiger partial charge in [0, 0.05) is 19.4 Å². The van der Waals surface area contributed by atoms with Crippen molar-refractivity contribution >= 4 is 11.6 Å². The van der Waals surface area contributed by atoms with E-state index >= 15 is 0 Å². The van der Waals surface area contributed by atoms with Gasteiger partial charge in [0.25, 0.3) is 0 Å². The number of rotatable bonds is 5. The summed E-state index contributed by atoms with van der Waals surface area (Å²) >= 11 is 6.20. The van der Waals surface area contributed by atoms with E-state index in [9.17, 15) is 0 Å². The normalized spacial score (nSPS) is 18.3. The average Bonchev–Trinajstić information content (AvgIpc) is 2.44. The number of hydrogen-bond donors (Lipinski definition) is 2. The number of aliphatic hydroxyl groups excluding tert-OH is 1. The summed E-state index contributed by atoms with van der Waals surface area (Å²) in [5, 5.41) is 9.63. The van der Waals surface area contributed by atoms with E-state index in [0.29, 0.717) is 17.2 Å². The lowest BCUT2D eigenvalue weighted by atomic mass is 9.94. The van der Waals surface area contributed by atoms with E-state index in [1.165, 1.54) is 6.42 Å². The van der Waals surface area contributed by atoms with Crippen molar-refractivity contribution in [2.45, 2.75) is 44.3 Å². The van der Waals surface area contributed by atoms with Crippen LogP contribution in [0.1, 0.15) is 37.7 Å². The van der Waals surface area contributed by atoms with Gasteiger partial charge in [-0.2, -0.15) is 0 Å². The lowest BCUT2D eigenvalue weighted by Crippen LogP contribution is -2.43.